The molecule has 1 saturated heterocycles. The molecule has 0 unspecified atom stereocenters. The van der Waals surface area contributed by atoms with Gasteiger partial charge in [-0.3, -0.25) is 0 Å². The van der Waals surface area contributed by atoms with Gasteiger partial charge >= 0.3 is 188 Å². The second-order valence-electron chi connectivity index (χ2n) is 9.49. The Kier molecular flexibility index (Phi) is 12.8. The summed E-state index contributed by atoms with van der Waals surface area (Å²) in [7, 11) is 0.605. The molecule has 5 rings (SSSR count). The van der Waals surface area contributed by atoms with Crippen molar-refractivity contribution in [2.45, 2.75) is 71.9 Å². The number of halogens is 2. The van der Waals surface area contributed by atoms with Crippen LogP contribution in [0, 0.1) is 0 Å². The first-order valence-corrected chi connectivity index (χ1v) is 17.3. The number of aryl methyl sites for hydroxylation is 2. The van der Waals surface area contributed by atoms with Gasteiger partial charge in [0.15, 0.2) is 0 Å². The SMILES string of the molecule is C1C[SiH2]C1.CCc1ccc(C2=CC[C]([Zr+2][C]3=C(C)C(c4ccc(CC)cc4)=CC3)=C2C)cc1.[Cl-].[Cl-]. The van der Waals surface area contributed by atoms with E-state index < -0.39 is 23.2 Å². The van der Waals surface area contributed by atoms with E-state index in [1.807, 2.05) is 0 Å². The van der Waals surface area contributed by atoms with Crippen LogP contribution in [0.5, 0.6) is 0 Å². The van der Waals surface area contributed by atoms with Crippen molar-refractivity contribution in [1.82, 2.24) is 0 Å². The van der Waals surface area contributed by atoms with Crippen LogP contribution < -0.4 is 24.8 Å². The standard InChI is InChI=1S/2C14H15.C3H8Si.2ClH.Zr/c2*1-3-12-7-9-13(10-8-12)14-6-4-5-11(14)2;1-2-4-3-1;;;/h2*6-10H,3-4H2,1-2H3;1-4H2;2*1H;/q;;;;;+2/p-2. The Labute approximate surface area is 239 Å². The second-order valence-corrected chi connectivity index (χ2v) is 15.2. The number of allylic oxidation sites excluding steroid dienone is 8. The summed E-state index contributed by atoms with van der Waals surface area (Å²) in [6.45, 7) is 9.15. The molecule has 0 nitrogen and oxygen atoms in total. The first-order chi connectivity index (χ1) is 16.1. The molecule has 0 saturated carbocycles. The number of hydrogen-bond donors (Lipinski definition) is 0. The van der Waals surface area contributed by atoms with Gasteiger partial charge in [-0.2, -0.15) is 0 Å². The van der Waals surface area contributed by atoms with Crippen molar-refractivity contribution in [1.29, 1.82) is 0 Å². The summed E-state index contributed by atoms with van der Waals surface area (Å²) in [6, 6.07) is 21.6. The summed E-state index contributed by atoms with van der Waals surface area (Å²) in [6.07, 6.45) is 11.0. The first kappa shape index (κ1) is 30.3. The van der Waals surface area contributed by atoms with Gasteiger partial charge in [0.2, 0.25) is 0 Å². The Morgan fingerprint density at radius 1 is 0.657 bits per heavy atom. The van der Waals surface area contributed by atoms with Crippen LogP contribution in [0.4, 0.5) is 0 Å². The molecule has 2 aliphatic carbocycles. The predicted octanol–water partition coefficient (Wildman–Crippen LogP) is 2.12. The maximum absolute atomic E-state index is 2.47. The summed E-state index contributed by atoms with van der Waals surface area (Å²) in [5.74, 6) is 0. The maximum atomic E-state index is 2.47. The molecule has 0 bridgehead atoms. The summed E-state index contributed by atoms with van der Waals surface area (Å²) < 4.78 is 3.52. The molecule has 1 fully saturated rings. The van der Waals surface area contributed by atoms with E-state index in [1.54, 1.807) is 36.2 Å². The third-order valence-corrected chi connectivity index (χ3v) is 13.7. The van der Waals surface area contributed by atoms with Crippen LogP contribution in [0.15, 0.2) is 78.4 Å². The second kappa shape index (κ2) is 14.7. The van der Waals surface area contributed by atoms with Gasteiger partial charge in [0.1, 0.15) is 0 Å². The van der Waals surface area contributed by atoms with Crippen molar-refractivity contribution in [2.75, 3.05) is 0 Å². The number of hydrogen-bond acceptors (Lipinski definition) is 0. The Morgan fingerprint density at radius 2 is 1.00 bits per heavy atom. The van der Waals surface area contributed by atoms with Crippen molar-refractivity contribution in [3.8, 4) is 0 Å². The monoisotopic (exact) mass is 598 g/mol. The molecule has 184 valence electrons. The Balaban J connectivity index is 0.000000655. The van der Waals surface area contributed by atoms with Crippen molar-refractivity contribution >= 4 is 20.7 Å². The summed E-state index contributed by atoms with van der Waals surface area (Å²) >= 11 is -0.705. The zero-order chi connectivity index (χ0) is 23.2. The molecule has 35 heavy (non-hydrogen) atoms. The zero-order valence-electron chi connectivity index (χ0n) is 21.7. The average Bonchev–Trinajstić information content (AvgIpc) is 3.35. The summed E-state index contributed by atoms with van der Waals surface area (Å²) in [5.41, 5.74) is 11.7. The van der Waals surface area contributed by atoms with Gasteiger partial charge in [-0.1, -0.05) is 18.5 Å². The van der Waals surface area contributed by atoms with Crippen LogP contribution in [0.3, 0.4) is 0 Å². The quantitative estimate of drug-likeness (QED) is 0.446. The van der Waals surface area contributed by atoms with Crippen LogP contribution in [-0.4, -0.2) is 9.52 Å². The van der Waals surface area contributed by atoms with Gasteiger partial charge in [0.25, 0.3) is 0 Å². The minimum atomic E-state index is -0.705. The van der Waals surface area contributed by atoms with Crippen LogP contribution in [0.25, 0.3) is 11.1 Å². The fourth-order valence-corrected chi connectivity index (χ4v) is 8.56. The largest absolute Gasteiger partial charge is 1.00 e. The molecule has 0 radical (unpaired) electrons. The van der Waals surface area contributed by atoms with Gasteiger partial charge in [0, 0.05) is 9.52 Å². The topological polar surface area (TPSA) is 0 Å². The summed E-state index contributed by atoms with van der Waals surface area (Å²) in [4.78, 5) is 0. The average molecular weight is 601 g/mol. The molecule has 0 N–H and O–H groups in total. The Hall–Kier alpha value is -0.920. The van der Waals surface area contributed by atoms with Crippen LogP contribution in [0.2, 0.25) is 12.1 Å². The normalized spacial score (nSPS) is 16.2. The van der Waals surface area contributed by atoms with Gasteiger partial charge in [-0.15, -0.1) is 0 Å². The van der Waals surface area contributed by atoms with Crippen molar-refractivity contribution in [2.24, 2.45) is 0 Å². The first-order valence-electron chi connectivity index (χ1n) is 12.9. The fourth-order valence-electron chi connectivity index (χ4n) is 4.58. The molecular weight excluding hydrogens is 563 g/mol. The molecule has 2 aromatic carbocycles. The molecule has 0 atom stereocenters. The van der Waals surface area contributed by atoms with Crippen LogP contribution in [0.1, 0.15) is 69.2 Å². The fraction of sp³-hybridized carbons (Fsp3) is 0.355. The van der Waals surface area contributed by atoms with E-state index in [2.05, 4.69) is 88.4 Å². The number of rotatable bonds is 6. The molecular formula is C31H38Cl2SiZr. The van der Waals surface area contributed by atoms with Crippen molar-refractivity contribution in [3.05, 3.63) is 101 Å². The van der Waals surface area contributed by atoms with E-state index in [4.69, 9.17) is 0 Å². The van der Waals surface area contributed by atoms with E-state index in [9.17, 15) is 0 Å². The van der Waals surface area contributed by atoms with Gasteiger partial charge in [-0.25, -0.2) is 0 Å². The van der Waals surface area contributed by atoms with Crippen molar-refractivity contribution < 1.29 is 48.0 Å². The van der Waals surface area contributed by atoms with Crippen LogP contribution >= 0.6 is 0 Å². The van der Waals surface area contributed by atoms with E-state index in [-0.39, 0.29) is 24.8 Å². The molecule has 3 aliphatic rings. The van der Waals surface area contributed by atoms with Gasteiger partial charge in [0.05, 0.1) is 0 Å². The smallest absolute Gasteiger partial charge is 1.00 e. The molecule has 0 spiro atoms. The number of benzene rings is 2. The molecule has 4 heteroatoms. The third kappa shape index (κ3) is 7.54. The zero-order valence-corrected chi connectivity index (χ0v) is 27.1. The van der Waals surface area contributed by atoms with Crippen LogP contribution in [-0.2, 0) is 36.1 Å². The molecule has 1 aliphatic heterocycles. The van der Waals surface area contributed by atoms with E-state index in [1.165, 1.54) is 46.2 Å². The van der Waals surface area contributed by atoms with E-state index >= 15 is 0 Å². The maximum Gasteiger partial charge on any atom is -1.00 e. The molecule has 2 aromatic rings. The van der Waals surface area contributed by atoms with Gasteiger partial charge < -0.3 is 24.8 Å². The Bertz CT molecular complexity index is 1010. The molecule has 1 heterocycles. The van der Waals surface area contributed by atoms with Gasteiger partial charge in [-0.05, 0) is 0 Å². The minimum Gasteiger partial charge on any atom is -1.00 e. The Morgan fingerprint density at radius 3 is 1.29 bits per heavy atom. The molecule has 0 amide bonds. The summed E-state index contributed by atoms with van der Waals surface area (Å²) in [5, 5.41) is 0. The van der Waals surface area contributed by atoms with Crippen molar-refractivity contribution in [3.63, 3.8) is 0 Å². The minimum absolute atomic E-state index is 0. The molecule has 0 aromatic heterocycles. The predicted molar refractivity (Wildman–Crippen MR) is 145 cm³/mol. The van der Waals surface area contributed by atoms with E-state index in [0.29, 0.717) is 9.52 Å². The third-order valence-electron chi connectivity index (χ3n) is 7.38. The van der Waals surface area contributed by atoms with E-state index in [0.717, 1.165) is 12.8 Å².